The summed E-state index contributed by atoms with van der Waals surface area (Å²) in [5.41, 5.74) is -0.597. The zero-order valence-corrected chi connectivity index (χ0v) is 18.3. The predicted octanol–water partition coefficient (Wildman–Crippen LogP) is 4.47. The molecule has 1 aliphatic heterocycles. The minimum absolute atomic E-state index is 0.0215. The summed E-state index contributed by atoms with van der Waals surface area (Å²) in [5, 5.41) is 10.4. The maximum atomic E-state index is 15.7. The number of phenolic OH excluding ortho intramolecular Hbond substituents is 1. The Morgan fingerprint density at radius 3 is 2.69 bits per heavy atom. The number of nitrogens with zero attached hydrogens (tertiary/aromatic N) is 4. The number of carbonyl (C=O) groups excluding carboxylic acids is 1. The SMILES string of the molecule is C=CC(=O)N1CCN(c2nc(C)nc3c(F)c(-c4c(O)cccc4F)c(Cl)cc23)C[C@@H]1C. The summed E-state index contributed by atoms with van der Waals surface area (Å²) in [6.45, 7) is 8.49. The smallest absolute Gasteiger partial charge is 0.246 e. The van der Waals surface area contributed by atoms with E-state index in [1.165, 1.54) is 24.3 Å². The number of hydrogen-bond donors (Lipinski definition) is 1. The summed E-state index contributed by atoms with van der Waals surface area (Å²) in [5.74, 6) is -1.40. The van der Waals surface area contributed by atoms with Crippen LogP contribution in [0.3, 0.4) is 0 Å². The number of fused-ring (bicyclic) bond motifs is 1. The number of piperazine rings is 1. The molecule has 1 aromatic heterocycles. The van der Waals surface area contributed by atoms with Crippen molar-refractivity contribution in [3.05, 3.63) is 59.4 Å². The molecule has 0 saturated carbocycles. The van der Waals surface area contributed by atoms with Gasteiger partial charge in [-0.3, -0.25) is 4.79 Å². The lowest BCUT2D eigenvalue weighted by atomic mass is 10.0. The molecule has 9 heteroatoms. The molecule has 1 N–H and O–H groups in total. The fourth-order valence-corrected chi connectivity index (χ4v) is 4.40. The number of aromatic hydroxyl groups is 1. The molecular formula is C23H21ClF2N4O2. The third-order valence-corrected chi connectivity index (χ3v) is 5.90. The maximum Gasteiger partial charge on any atom is 0.246 e. The van der Waals surface area contributed by atoms with Crippen LogP contribution in [-0.4, -0.2) is 51.6 Å². The quantitative estimate of drug-likeness (QED) is 0.587. The van der Waals surface area contributed by atoms with Crippen molar-refractivity contribution >= 4 is 34.2 Å². The molecule has 0 aliphatic carbocycles. The van der Waals surface area contributed by atoms with E-state index in [0.29, 0.717) is 36.7 Å². The van der Waals surface area contributed by atoms with E-state index in [-0.39, 0.29) is 33.6 Å². The zero-order valence-electron chi connectivity index (χ0n) is 17.6. The van der Waals surface area contributed by atoms with E-state index in [0.717, 1.165) is 6.07 Å². The molecule has 3 aromatic rings. The first-order valence-corrected chi connectivity index (χ1v) is 10.4. The standard InChI is InChI=1S/C23H21ClF2N4O2/c1-4-18(32)30-9-8-29(11-12(30)2)23-14-10-15(24)19(20-16(25)6-5-7-17(20)31)21(26)22(14)27-13(3)28-23/h4-7,10,12,31H,1,8-9,11H2,2-3H3/t12-/m0/s1. The molecule has 166 valence electrons. The van der Waals surface area contributed by atoms with Crippen molar-refractivity contribution < 1.29 is 18.7 Å². The highest BCUT2D eigenvalue weighted by molar-refractivity contribution is 6.34. The Hall–Kier alpha value is -3.26. The summed E-state index contributed by atoms with van der Waals surface area (Å²) in [6.07, 6.45) is 1.28. The second kappa shape index (κ2) is 8.35. The van der Waals surface area contributed by atoms with Crippen molar-refractivity contribution in [3.8, 4) is 16.9 Å². The number of carbonyl (C=O) groups is 1. The number of aryl methyl sites for hydroxylation is 1. The van der Waals surface area contributed by atoms with Gasteiger partial charge in [0, 0.05) is 36.6 Å². The molecule has 6 nitrogen and oxygen atoms in total. The van der Waals surface area contributed by atoms with Gasteiger partial charge in [0.1, 0.15) is 28.7 Å². The molecule has 4 rings (SSSR count). The number of hydrogen-bond acceptors (Lipinski definition) is 5. The maximum absolute atomic E-state index is 15.7. The predicted molar refractivity (Wildman–Crippen MR) is 120 cm³/mol. The molecule has 1 atom stereocenters. The van der Waals surface area contributed by atoms with Crippen LogP contribution in [0.2, 0.25) is 5.02 Å². The van der Waals surface area contributed by atoms with Crippen LogP contribution in [-0.2, 0) is 4.79 Å². The Bertz CT molecular complexity index is 1230. The normalized spacial score (nSPS) is 16.5. The number of anilines is 1. The van der Waals surface area contributed by atoms with Crippen LogP contribution >= 0.6 is 11.6 Å². The van der Waals surface area contributed by atoms with E-state index >= 15 is 4.39 Å². The average Bonchev–Trinajstić information content (AvgIpc) is 2.75. The summed E-state index contributed by atoms with van der Waals surface area (Å²) in [7, 11) is 0. The van der Waals surface area contributed by atoms with Gasteiger partial charge in [0.05, 0.1) is 10.6 Å². The van der Waals surface area contributed by atoms with Gasteiger partial charge in [-0.1, -0.05) is 24.2 Å². The topological polar surface area (TPSA) is 69.6 Å². The summed E-state index contributed by atoms with van der Waals surface area (Å²) >= 11 is 6.39. The van der Waals surface area contributed by atoms with E-state index in [9.17, 15) is 14.3 Å². The second-order valence-corrected chi connectivity index (χ2v) is 8.11. The Morgan fingerprint density at radius 1 is 1.28 bits per heavy atom. The number of benzene rings is 2. The minimum Gasteiger partial charge on any atom is -0.507 e. The third kappa shape index (κ3) is 3.64. The van der Waals surface area contributed by atoms with Crippen molar-refractivity contribution in [2.24, 2.45) is 0 Å². The van der Waals surface area contributed by atoms with Crippen LogP contribution in [0.25, 0.3) is 22.0 Å². The fraction of sp³-hybridized carbons (Fsp3) is 0.261. The number of halogens is 3. The summed E-state index contributed by atoms with van der Waals surface area (Å²) < 4.78 is 30.1. The van der Waals surface area contributed by atoms with Crippen LogP contribution in [0.4, 0.5) is 14.6 Å². The molecular weight excluding hydrogens is 438 g/mol. The molecule has 0 radical (unpaired) electrons. The Kier molecular flexibility index (Phi) is 5.73. The first-order chi connectivity index (χ1) is 15.2. The molecule has 2 aromatic carbocycles. The third-order valence-electron chi connectivity index (χ3n) is 5.60. The van der Waals surface area contributed by atoms with Crippen molar-refractivity contribution in [2.45, 2.75) is 19.9 Å². The van der Waals surface area contributed by atoms with Crippen molar-refractivity contribution in [1.82, 2.24) is 14.9 Å². The molecule has 1 aliphatic rings. The number of phenols is 1. The summed E-state index contributed by atoms with van der Waals surface area (Å²) in [4.78, 5) is 24.5. The van der Waals surface area contributed by atoms with E-state index < -0.39 is 17.4 Å². The van der Waals surface area contributed by atoms with Crippen molar-refractivity contribution in [3.63, 3.8) is 0 Å². The molecule has 1 fully saturated rings. The van der Waals surface area contributed by atoms with E-state index in [1.54, 1.807) is 11.8 Å². The Morgan fingerprint density at radius 2 is 2.03 bits per heavy atom. The molecule has 32 heavy (non-hydrogen) atoms. The lowest BCUT2D eigenvalue weighted by Crippen LogP contribution is -2.54. The van der Waals surface area contributed by atoms with Gasteiger partial charge in [0.15, 0.2) is 5.82 Å². The lowest BCUT2D eigenvalue weighted by Gasteiger charge is -2.40. The Balaban J connectivity index is 1.85. The van der Waals surface area contributed by atoms with Gasteiger partial charge in [-0.25, -0.2) is 18.7 Å². The van der Waals surface area contributed by atoms with Crippen molar-refractivity contribution in [2.75, 3.05) is 24.5 Å². The highest BCUT2D eigenvalue weighted by atomic mass is 35.5. The molecule has 1 amide bonds. The highest BCUT2D eigenvalue weighted by Gasteiger charge is 2.29. The number of amides is 1. The van der Waals surface area contributed by atoms with Gasteiger partial charge < -0.3 is 14.9 Å². The van der Waals surface area contributed by atoms with Gasteiger partial charge in [-0.05, 0) is 38.1 Å². The second-order valence-electron chi connectivity index (χ2n) is 7.70. The van der Waals surface area contributed by atoms with Gasteiger partial charge >= 0.3 is 0 Å². The van der Waals surface area contributed by atoms with Crippen LogP contribution in [0, 0.1) is 18.6 Å². The fourth-order valence-electron chi connectivity index (χ4n) is 4.11. The Labute approximate surface area is 188 Å². The lowest BCUT2D eigenvalue weighted by molar-refractivity contribution is -0.128. The molecule has 0 unspecified atom stereocenters. The van der Waals surface area contributed by atoms with Gasteiger partial charge in [0.2, 0.25) is 5.91 Å². The van der Waals surface area contributed by atoms with Crippen molar-refractivity contribution in [1.29, 1.82) is 0 Å². The van der Waals surface area contributed by atoms with Gasteiger partial charge in [0.25, 0.3) is 0 Å². The van der Waals surface area contributed by atoms with Crippen LogP contribution in [0.15, 0.2) is 36.9 Å². The molecule has 0 bridgehead atoms. The monoisotopic (exact) mass is 458 g/mol. The first-order valence-electron chi connectivity index (χ1n) is 10.0. The average molecular weight is 459 g/mol. The van der Waals surface area contributed by atoms with Gasteiger partial charge in [-0.15, -0.1) is 0 Å². The summed E-state index contributed by atoms with van der Waals surface area (Å²) in [6, 6.07) is 5.08. The molecule has 0 spiro atoms. The van der Waals surface area contributed by atoms with Crippen LogP contribution in [0.5, 0.6) is 5.75 Å². The van der Waals surface area contributed by atoms with E-state index in [4.69, 9.17) is 11.6 Å². The van der Waals surface area contributed by atoms with E-state index in [2.05, 4.69) is 16.5 Å². The zero-order chi connectivity index (χ0) is 23.2. The van der Waals surface area contributed by atoms with Gasteiger partial charge in [-0.2, -0.15) is 0 Å². The number of aromatic nitrogens is 2. The highest BCUT2D eigenvalue weighted by Crippen LogP contribution is 2.42. The first kappa shape index (κ1) is 22.0. The van der Waals surface area contributed by atoms with Crippen LogP contribution in [0.1, 0.15) is 12.7 Å². The molecule has 1 saturated heterocycles. The van der Waals surface area contributed by atoms with Crippen LogP contribution < -0.4 is 4.90 Å². The van der Waals surface area contributed by atoms with E-state index in [1.807, 2.05) is 11.8 Å². The number of rotatable bonds is 3. The largest absolute Gasteiger partial charge is 0.507 e. The molecule has 2 heterocycles. The minimum atomic E-state index is -0.840.